The monoisotopic (exact) mass is 416 g/mol. The first-order valence-corrected chi connectivity index (χ1v) is 10.5. The van der Waals surface area contributed by atoms with Gasteiger partial charge in [0.2, 0.25) is 0 Å². The highest BCUT2D eigenvalue weighted by Gasteiger charge is 2.17. The fraction of sp³-hybridized carbons (Fsp3) is 0.231. The Morgan fingerprint density at radius 1 is 0.903 bits per heavy atom. The minimum atomic E-state index is -0.255. The molecule has 5 nitrogen and oxygen atoms in total. The van der Waals surface area contributed by atoms with Crippen LogP contribution in [-0.4, -0.2) is 25.0 Å². The molecule has 5 heteroatoms. The second kappa shape index (κ2) is 10.4. The van der Waals surface area contributed by atoms with Crippen LogP contribution in [0.1, 0.15) is 41.5 Å². The van der Waals surface area contributed by atoms with Crippen LogP contribution in [0.3, 0.4) is 0 Å². The lowest BCUT2D eigenvalue weighted by Gasteiger charge is -2.21. The zero-order valence-corrected chi connectivity index (χ0v) is 18.2. The van der Waals surface area contributed by atoms with Crippen molar-refractivity contribution < 1.29 is 14.3 Å². The third-order valence-corrected chi connectivity index (χ3v) is 4.68. The molecule has 31 heavy (non-hydrogen) atoms. The summed E-state index contributed by atoms with van der Waals surface area (Å²) in [5, 5.41) is 2.88. The Hall–Kier alpha value is -3.60. The lowest BCUT2D eigenvalue weighted by molar-refractivity contribution is 0.0985. The summed E-state index contributed by atoms with van der Waals surface area (Å²) in [6.45, 7) is 7.21. The van der Waals surface area contributed by atoms with Crippen LogP contribution in [-0.2, 0) is 0 Å². The summed E-state index contributed by atoms with van der Waals surface area (Å²) in [5.74, 6) is 0.687. The number of nitrogens with one attached hydrogen (secondary N) is 1. The molecule has 160 valence electrons. The zero-order chi connectivity index (χ0) is 22.2. The summed E-state index contributed by atoms with van der Waals surface area (Å²) in [6, 6.07) is 23.6. The molecular formula is C26H28N2O3. The third kappa shape index (κ3) is 5.95. The van der Waals surface area contributed by atoms with Gasteiger partial charge in [0.15, 0.2) is 0 Å². The number of amides is 2. The van der Waals surface area contributed by atoms with E-state index in [0.717, 1.165) is 5.69 Å². The van der Waals surface area contributed by atoms with Crippen molar-refractivity contribution in [2.24, 2.45) is 5.92 Å². The van der Waals surface area contributed by atoms with Gasteiger partial charge in [-0.3, -0.25) is 9.59 Å². The lowest BCUT2D eigenvalue weighted by atomic mass is 10.1. The van der Waals surface area contributed by atoms with Crippen LogP contribution >= 0.6 is 0 Å². The predicted octanol–water partition coefficient (Wildman–Crippen LogP) is 5.64. The number of benzene rings is 3. The van der Waals surface area contributed by atoms with E-state index in [9.17, 15) is 9.59 Å². The summed E-state index contributed by atoms with van der Waals surface area (Å²) < 4.78 is 5.71. The molecule has 3 rings (SSSR count). The highest BCUT2D eigenvalue weighted by atomic mass is 16.5. The molecule has 1 N–H and O–H groups in total. The average molecular weight is 417 g/mol. The number of anilines is 2. The fourth-order valence-electron chi connectivity index (χ4n) is 3.13. The summed E-state index contributed by atoms with van der Waals surface area (Å²) in [4.78, 5) is 27.5. The van der Waals surface area contributed by atoms with E-state index in [1.807, 2.05) is 43.3 Å². The molecule has 0 saturated carbocycles. The smallest absolute Gasteiger partial charge is 0.258 e. The maximum atomic E-state index is 13.1. The summed E-state index contributed by atoms with van der Waals surface area (Å²) in [7, 11) is 0. The number of rotatable bonds is 8. The minimum absolute atomic E-state index is 0.117. The molecular weight excluding hydrogens is 388 g/mol. The molecule has 0 fully saturated rings. The average Bonchev–Trinajstić information content (AvgIpc) is 2.79. The van der Waals surface area contributed by atoms with Crippen LogP contribution < -0.4 is 15.0 Å². The van der Waals surface area contributed by atoms with E-state index in [1.165, 1.54) is 0 Å². The Bertz CT molecular complexity index is 1030. The molecule has 0 atom stereocenters. The Morgan fingerprint density at radius 3 is 2.32 bits per heavy atom. The molecule has 2 amide bonds. The molecule has 0 aliphatic rings. The van der Waals surface area contributed by atoms with Gasteiger partial charge in [0.1, 0.15) is 5.75 Å². The second-order valence-electron chi connectivity index (χ2n) is 7.65. The Kier molecular flexibility index (Phi) is 7.44. The number of hydrogen-bond acceptors (Lipinski definition) is 3. The zero-order valence-electron chi connectivity index (χ0n) is 18.2. The lowest BCUT2D eigenvalue weighted by Crippen LogP contribution is -2.30. The molecule has 0 bridgehead atoms. The van der Waals surface area contributed by atoms with Gasteiger partial charge in [-0.25, -0.2) is 0 Å². The molecule has 3 aromatic carbocycles. The van der Waals surface area contributed by atoms with E-state index in [0.29, 0.717) is 41.6 Å². The van der Waals surface area contributed by atoms with Gasteiger partial charge in [0.05, 0.1) is 6.61 Å². The maximum absolute atomic E-state index is 13.1. The molecule has 0 aromatic heterocycles. The number of carbonyl (C=O) groups excluding carboxylic acids is 2. The first-order chi connectivity index (χ1) is 15.0. The van der Waals surface area contributed by atoms with Gasteiger partial charge < -0.3 is 15.0 Å². The van der Waals surface area contributed by atoms with Gasteiger partial charge >= 0.3 is 0 Å². The van der Waals surface area contributed by atoms with E-state index < -0.39 is 0 Å². The van der Waals surface area contributed by atoms with Crippen LogP contribution in [0.25, 0.3) is 0 Å². The fourth-order valence-corrected chi connectivity index (χ4v) is 3.13. The highest BCUT2D eigenvalue weighted by molar-refractivity contribution is 6.08. The SMILES string of the molecule is CCN(C(=O)c1cccc(NC(=O)c2cccc(OCC(C)C)c2)c1)c1ccccc1. The van der Waals surface area contributed by atoms with Crippen LogP contribution in [0.4, 0.5) is 11.4 Å². The van der Waals surface area contributed by atoms with Crippen LogP contribution in [0.15, 0.2) is 78.9 Å². The van der Waals surface area contributed by atoms with Gasteiger partial charge in [-0.15, -0.1) is 0 Å². The minimum Gasteiger partial charge on any atom is -0.493 e. The number of hydrogen-bond donors (Lipinski definition) is 1. The number of para-hydroxylation sites is 1. The predicted molar refractivity (Wildman–Crippen MR) is 125 cm³/mol. The first kappa shape index (κ1) is 22.1. The van der Waals surface area contributed by atoms with Crippen molar-refractivity contribution in [3.63, 3.8) is 0 Å². The third-order valence-electron chi connectivity index (χ3n) is 4.68. The van der Waals surface area contributed by atoms with E-state index in [1.54, 1.807) is 47.4 Å². The van der Waals surface area contributed by atoms with Crippen molar-refractivity contribution in [1.29, 1.82) is 0 Å². The molecule has 0 saturated heterocycles. The van der Waals surface area contributed by atoms with Crippen LogP contribution in [0.2, 0.25) is 0 Å². The van der Waals surface area contributed by atoms with E-state index >= 15 is 0 Å². The quantitative estimate of drug-likeness (QED) is 0.517. The largest absolute Gasteiger partial charge is 0.493 e. The van der Waals surface area contributed by atoms with Crippen molar-refractivity contribution in [2.75, 3.05) is 23.4 Å². The van der Waals surface area contributed by atoms with Gasteiger partial charge in [-0.2, -0.15) is 0 Å². The van der Waals surface area contributed by atoms with Crippen molar-refractivity contribution in [2.45, 2.75) is 20.8 Å². The standard InChI is InChI=1S/C26H28N2O3/c1-4-28(23-13-6-5-7-14-23)26(30)21-11-8-12-22(16-21)27-25(29)20-10-9-15-24(17-20)31-18-19(2)3/h5-17,19H,4,18H2,1-3H3,(H,27,29). The van der Waals surface area contributed by atoms with Crippen molar-refractivity contribution in [1.82, 2.24) is 0 Å². The van der Waals surface area contributed by atoms with Gasteiger partial charge in [-0.05, 0) is 61.4 Å². The first-order valence-electron chi connectivity index (χ1n) is 10.5. The summed E-state index contributed by atoms with van der Waals surface area (Å²) in [6.07, 6.45) is 0. The van der Waals surface area contributed by atoms with Gasteiger partial charge in [-0.1, -0.05) is 44.2 Å². The summed E-state index contributed by atoms with van der Waals surface area (Å²) >= 11 is 0. The molecule has 0 heterocycles. The topological polar surface area (TPSA) is 58.6 Å². The van der Waals surface area contributed by atoms with Crippen LogP contribution in [0.5, 0.6) is 5.75 Å². The molecule has 0 aliphatic heterocycles. The highest BCUT2D eigenvalue weighted by Crippen LogP contribution is 2.20. The van der Waals surface area contributed by atoms with Gasteiger partial charge in [0.25, 0.3) is 11.8 Å². The van der Waals surface area contributed by atoms with E-state index in [-0.39, 0.29) is 11.8 Å². The Balaban J connectivity index is 1.74. The number of ether oxygens (including phenoxy) is 1. The maximum Gasteiger partial charge on any atom is 0.258 e. The second-order valence-corrected chi connectivity index (χ2v) is 7.65. The van der Waals surface area contributed by atoms with Crippen molar-refractivity contribution in [3.8, 4) is 5.75 Å². The molecule has 0 radical (unpaired) electrons. The summed E-state index contributed by atoms with van der Waals surface area (Å²) in [5.41, 5.74) is 2.41. The molecule has 3 aromatic rings. The van der Waals surface area contributed by atoms with Crippen molar-refractivity contribution >= 4 is 23.2 Å². The Labute approximate surface area is 183 Å². The Morgan fingerprint density at radius 2 is 1.61 bits per heavy atom. The molecule has 0 unspecified atom stereocenters. The van der Waals surface area contributed by atoms with Crippen LogP contribution in [0, 0.1) is 5.92 Å². The van der Waals surface area contributed by atoms with E-state index in [4.69, 9.17) is 4.74 Å². The van der Waals surface area contributed by atoms with Gasteiger partial charge in [0, 0.05) is 29.0 Å². The molecule has 0 aliphatic carbocycles. The number of nitrogens with zero attached hydrogens (tertiary/aromatic N) is 1. The van der Waals surface area contributed by atoms with Crippen molar-refractivity contribution in [3.05, 3.63) is 90.0 Å². The van der Waals surface area contributed by atoms with E-state index in [2.05, 4.69) is 19.2 Å². The normalized spacial score (nSPS) is 10.6. The number of carbonyl (C=O) groups is 2. The molecule has 0 spiro atoms.